The molecule has 4 rings (SSSR count). The van der Waals surface area contributed by atoms with Crippen molar-refractivity contribution in [1.29, 1.82) is 0 Å². The zero-order chi connectivity index (χ0) is 29.6. The van der Waals surface area contributed by atoms with Crippen molar-refractivity contribution in [3.05, 3.63) is 99.6 Å². The second-order valence-electron chi connectivity index (χ2n) is 9.92. The Morgan fingerprint density at radius 1 is 1.02 bits per heavy atom. The zero-order valence-corrected chi connectivity index (χ0v) is 24.1. The highest BCUT2D eigenvalue weighted by molar-refractivity contribution is 7.92. The summed E-state index contributed by atoms with van der Waals surface area (Å²) in [4.78, 5) is 39.3. The number of nitro benzene ring substituents is 1. The lowest BCUT2D eigenvalue weighted by Crippen LogP contribution is -2.52. The van der Waals surface area contributed by atoms with E-state index in [-0.39, 0.29) is 34.8 Å². The van der Waals surface area contributed by atoms with Crippen molar-refractivity contribution < 1.29 is 22.9 Å². The molecule has 1 atom stereocenters. The molecule has 0 saturated heterocycles. The minimum Gasteiger partial charge on any atom is -0.352 e. The standard InChI is InChI=1S/C29H31ClN4O6S/c1-21(29(36)31-24-8-5-6-9-24)32(19-22-14-16-23(30)17-15-22)28(35)20-33(25-10-7-11-26(18-25)34(37)38)41(39,40)27-12-3-2-4-13-27/h2-4,7,10-18,21,24H,5-6,8-9,19-20H2,1H3,(H,31,36)/t21-/m1/s1. The molecule has 1 aliphatic rings. The average molecular weight is 599 g/mol. The van der Waals surface area contributed by atoms with E-state index in [0.717, 1.165) is 36.1 Å². The molecule has 3 aromatic rings. The number of carbonyl (C=O) groups excluding carboxylic acids is 2. The maximum absolute atomic E-state index is 14.0. The summed E-state index contributed by atoms with van der Waals surface area (Å²) in [7, 11) is -4.32. The van der Waals surface area contributed by atoms with Gasteiger partial charge < -0.3 is 10.2 Å². The first kappa shape index (κ1) is 30.0. The minimum atomic E-state index is -4.32. The van der Waals surface area contributed by atoms with Gasteiger partial charge in [-0.05, 0) is 55.7 Å². The molecule has 0 unspecified atom stereocenters. The van der Waals surface area contributed by atoms with Crippen LogP contribution in [0.2, 0.25) is 5.02 Å². The highest BCUT2D eigenvalue weighted by atomic mass is 35.5. The van der Waals surface area contributed by atoms with E-state index in [0.29, 0.717) is 10.6 Å². The molecule has 3 aromatic carbocycles. The lowest BCUT2D eigenvalue weighted by atomic mass is 10.1. The van der Waals surface area contributed by atoms with Gasteiger partial charge in [0.2, 0.25) is 11.8 Å². The Balaban J connectivity index is 1.70. The van der Waals surface area contributed by atoms with E-state index < -0.39 is 33.4 Å². The van der Waals surface area contributed by atoms with E-state index in [9.17, 15) is 28.1 Å². The number of carbonyl (C=O) groups is 2. The fraction of sp³-hybridized carbons (Fsp3) is 0.310. The maximum atomic E-state index is 14.0. The summed E-state index contributed by atoms with van der Waals surface area (Å²) in [6.45, 7) is 0.929. The number of anilines is 1. The van der Waals surface area contributed by atoms with Crippen LogP contribution in [0.4, 0.5) is 11.4 Å². The van der Waals surface area contributed by atoms with Crippen LogP contribution in [0.3, 0.4) is 0 Å². The van der Waals surface area contributed by atoms with Crippen LogP contribution in [0.1, 0.15) is 38.2 Å². The van der Waals surface area contributed by atoms with E-state index >= 15 is 0 Å². The summed E-state index contributed by atoms with van der Waals surface area (Å²) >= 11 is 6.03. The molecule has 0 aromatic heterocycles. The lowest BCUT2D eigenvalue weighted by molar-refractivity contribution is -0.384. The number of benzene rings is 3. The van der Waals surface area contributed by atoms with E-state index in [1.165, 1.54) is 35.2 Å². The molecule has 0 heterocycles. The average Bonchev–Trinajstić information content (AvgIpc) is 3.48. The number of hydrogen-bond acceptors (Lipinski definition) is 6. The molecule has 0 aliphatic heterocycles. The Bertz CT molecular complexity index is 1500. The molecule has 1 fully saturated rings. The summed E-state index contributed by atoms with van der Waals surface area (Å²) < 4.78 is 28.4. The van der Waals surface area contributed by atoms with E-state index in [1.54, 1.807) is 49.4 Å². The van der Waals surface area contributed by atoms with Crippen molar-refractivity contribution in [2.75, 3.05) is 10.8 Å². The monoisotopic (exact) mass is 598 g/mol. The predicted octanol–water partition coefficient (Wildman–Crippen LogP) is 4.92. The molecule has 2 amide bonds. The third kappa shape index (κ3) is 7.42. The van der Waals surface area contributed by atoms with Crippen molar-refractivity contribution >= 4 is 44.8 Å². The maximum Gasteiger partial charge on any atom is 0.271 e. The van der Waals surface area contributed by atoms with Crippen LogP contribution < -0.4 is 9.62 Å². The smallest absolute Gasteiger partial charge is 0.271 e. The van der Waals surface area contributed by atoms with Gasteiger partial charge in [0.05, 0.1) is 15.5 Å². The zero-order valence-electron chi connectivity index (χ0n) is 22.5. The minimum absolute atomic E-state index is 0.0173. The molecule has 41 heavy (non-hydrogen) atoms. The Hall–Kier alpha value is -3.96. The number of non-ortho nitro benzene ring substituents is 1. The second-order valence-corrected chi connectivity index (χ2v) is 12.2. The quantitative estimate of drug-likeness (QED) is 0.246. The third-order valence-electron chi connectivity index (χ3n) is 7.07. The van der Waals surface area contributed by atoms with Crippen LogP contribution in [0.25, 0.3) is 0 Å². The SMILES string of the molecule is C[C@H](C(=O)NC1CCCC1)N(Cc1ccc(Cl)cc1)C(=O)CN(c1cccc([N+](=O)[O-])c1)S(=O)(=O)c1ccccc1. The van der Waals surface area contributed by atoms with Gasteiger partial charge in [-0.2, -0.15) is 0 Å². The van der Waals surface area contributed by atoms with Gasteiger partial charge in [-0.1, -0.05) is 60.8 Å². The van der Waals surface area contributed by atoms with Gasteiger partial charge >= 0.3 is 0 Å². The lowest BCUT2D eigenvalue weighted by Gasteiger charge is -2.32. The van der Waals surface area contributed by atoms with Crippen LogP contribution in [0, 0.1) is 10.1 Å². The van der Waals surface area contributed by atoms with Crippen LogP contribution in [0.15, 0.2) is 83.8 Å². The number of halogens is 1. The number of amides is 2. The topological polar surface area (TPSA) is 130 Å². The Morgan fingerprint density at radius 3 is 2.32 bits per heavy atom. The normalized spacial score (nSPS) is 14.3. The molecule has 0 spiro atoms. The van der Waals surface area contributed by atoms with Gasteiger partial charge in [0, 0.05) is 29.7 Å². The van der Waals surface area contributed by atoms with Gasteiger partial charge in [-0.3, -0.25) is 24.0 Å². The molecule has 1 aliphatic carbocycles. The van der Waals surface area contributed by atoms with Crippen LogP contribution in [-0.2, 0) is 26.2 Å². The third-order valence-corrected chi connectivity index (χ3v) is 9.11. The number of rotatable bonds is 11. The molecular weight excluding hydrogens is 568 g/mol. The van der Waals surface area contributed by atoms with Crippen molar-refractivity contribution in [2.24, 2.45) is 0 Å². The Labute approximate surface area is 244 Å². The Kier molecular flexibility index (Phi) is 9.61. The van der Waals surface area contributed by atoms with Gasteiger partial charge in [0.15, 0.2) is 0 Å². The van der Waals surface area contributed by atoms with Gasteiger partial charge in [-0.15, -0.1) is 0 Å². The summed E-state index contributed by atoms with van der Waals surface area (Å²) in [5.41, 5.74) is 0.313. The number of hydrogen-bond donors (Lipinski definition) is 1. The van der Waals surface area contributed by atoms with E-state index in [2.05, 4.69) is 5.32 Å². The molecule has 1 saturated carbocycles. The Morgan fingerprint density at radius 2 is 1.68 bits per heavy atom. The van der Waals surface area contributed by atoms with Crippen LogP contribution >= 0.6 is 11.6 Å². The summed E-state index contributed by atoms with van der Waals surface area (Å²) in [6, 6.07) is 18.5. The van der Waals surface area contributed by atoms with Gasteiger partial charge in [0.1, 0.15) is 12.6 Å². The number of nitrogens with zero attached hydrogens (tertiary/aromatic N) is 3. The highest BCUT2D eigenvalue weighted by Crippen LogP contribution is 2.28. The van der Waals surface area contributed by atoms with Crippen LogP contribution in [0.5, 0.6) is 0 Å². The first-order chi connectivity index (χ1) is 19.6. The van der Waals surface area contributed by atoms with Crippen molar-refractivity contribution in [3.8, 4) is 0 Å². The summed E-state index contributed by atoms with van der Waals surface area (Å²) in [6.07, 6.45) is 3.75. The van der Waals surface area contributed by atoms with Crippen molar-refractivity contribution in [1.82, 2.24) is 10.2 Å². The number of nitrogens with one attached hydrogen (secondary N) is 1. The first-order valence-electron chi connectivity index (χ1n) is 13.2. The molecule has 216 valence electrons. The summed E-state index contributed by atoms with van der Waals surface area (Å²) in [5.74, 6) is -0.993. The van der Waals surface area contributed by atoms with Crippen molar-refractivity contribution in [2.45, 2.75) is 56.1 Å². The van der Waals surface area contributed by atoms with Gasteiger partial charge in [-0.25, -0.2) is 8.42 Å². The molecule has 12 heteroatoms. The number of nitro groups is 1. The fourth-order valence-corrected chi connectivity index (χ4v) is 6.32. The molecule has 10 nitrogen and oxygen atoms in total. The molecule has 1 N–H and O–H groups in total. The van der Waals surface area contributed by atoms with Gasteiger partial charge in [0.25, 0.3) is 15.7 Å². The summed E-state index contributed by atoms with van der Waals surface area (Å²) in [5, 5.41) is 15.0. The second kappa shape index (κ2) is 13.1. The highest BCUT2D eigenvalue weighted by Gasteiger charge is 2.33. The predicted molar refractivity (Wildman–Crippen MR) is 156 cm³/mol. The fourth-order valence-electron chi connectivity index (χ4n) is 4.77. The largest absolute Gasteiger partial charge is 0.352 e. The van der Waals surface area contributed by atoms with E-state index in [4.69, 9.17) is 11.6 Å². The molecular formula is C29H31ClN4O6S. The first-order valence-corrected chi connectivity index (χ1v) is 15.0. The van der Waals surface area contributed by atoms with Crippen molar-refractivity contribution in [3.63, 3.8) is 0 Å². The van der Waals surface area contributed by atoms with E-state index in [1.807, 2.05) is 0 Å². The van der Waals surface area contributed by atoms with Crippen LogP contribution in [-0.4, -0.2) is 48.7 Å². The molecule has 0 bridgehead atoms. The molecule has 0 radical (unpaired) electrons. The number of sulfonamides is 1.